The summed E-state index contributed by atoms with van der Waals surface area (Å²) in [5.74, 6) is -0.0936. The highest BCUT2D eigenvalue weighted by Crippen LogP contribution is 2.35. The van der Waals surface area contributed by atoms with Crippen LogP contribution in [0.15, 0.2) is 17.6 Å². The van der Waals surface area contributed by atoms with Gasteiger partial charge >= 0.3 is 6.18 Å². The van der Waals surface area contributed by atoms with E-state index in [4.69, 9.17) is 0 Å². The maximum Gasteiger partial charge on any atom is 0.435 e. The summed E-state index contributed by atoms with van der Waals surface area (Å²) in [5.41, 5.74) is -1.08. The summed E-state index contributed by atoms with van der Waals surface area (Å²) in [7, 11) is 1.35. The van der Waals surface area contributed by atoms with Crippen LogP contribution in [0.25, 0.3) is 0 Å². The third kappa shape index (κ3) is 5.24. The lowest BCUT2D eigenvalue weighted by Crippen LogP contribution is -2.18. The van der Waals surface area contributed by atoms with Crippen molar-refractivity contribution in [3.05, 3.63) is 33.8 Å². The SMILES string of the molecule is CC(C)C[C@H](C)c1sccc1NC(=O)c1cn(C)nc1C(F)(F)F.S. The molecule has 0 aliphatic heterocycles. The number of halogens is 3. The van der Waals surface area contributed by atoms with E-state index in [-0.39, 0.29) is 19.4 Å². The molecule has 0 bridgehead atoms. The Hall–Kier alpha value is -1.48. The Labute approximate surface area is 155 Å². The predicted octanol–water partition coefficient (Wildman–Crippen LogP) is 5.02. The average molecular weight is 394 g/mol. The van der Waals surface area contributed by atoms with Gasteiger partial charge in [0.05, 0.1) is 11.3 Å². The van der Waals surface area contributed by atoms with E-state index in [0.717, 1.165) is 22.2 Å². The molecule has 4 nitrogen and oxygen atoms in total. The van der Waals surface area contributed by atoms with Crippen molar-refractivity contribution >= 4 is 36.4 Å². The smallest absolute Gasteiger partial charge is 0.321 e. The second-order valence-electron chi connectivity index (χ2n) is 6.25. The van der Waals surface area contributed by atoms with Crippen molar-refractivity contribution in [3.8, 4) is 0 Å². The normalized spacial score (nSPS) is 12.8. The second kappa shape index (κ2) is 8.27. The first-order valence-electron chi connectivity index (χ1n) is 7.59. The van der Waals surface area contributed by atoms with Crippen molar-refractivity contribution < 1.29 is 18.0 Å². The van der Waals surface area contributed by atoms with Crippen LogP contribution in [0.1, 0.15) is 54.0 Å². The molecule has 0 aromatic carbocycles. The van der Waals surface area contributed by atoms with Crippen molar-refractivity contribution in [2.75, 3.05) is 5.32 Å². The molecule has 2 aromatic heterocycles. The molecule has 1 amide bonds. The van der Waals surface area contributed by atoms with Crippen LogP contribution in [-0.4, -0.2) is 15.7 Å². The number of anilines is 1. The Morgan fingerprint density at radius 1 is 1.36 bits per heavy atom. The number of carbonyl (C=O) groups excluding carboxylic acids is 1. The van der Waals surface area contributed by atoms with E-state index >= 15 is 0 Å². The summed E-state index contributed by atoms with van der Waals surface area (Å²) in [6.07, 6.45) is -2.65. The fourth-order valence-corrected chi connectivity index (χ4v) is 3.60. The molecule has 0 unspecified atom stereocenters. The molecule has 0 saturated carbocycles. The lowest BCUT2D eigenvalue weighted by molar-refractivity contribution is -0.141. The third-order valence-electron chi connectivity index (χ3n) is 3.56. The van der Waals surface area contributed by atoms with Gasteiger partial charge in [0, 0.05) is 18.1 Å². The van der Waals surface area contributed by atoms with Gasteiger partial charge in [0.25, 0.3) is 5.91 Å². The highest BCUT2D eigenvalue weighted by molar-refractivity contribution is 7.59. The number of alkyl halides is 3. The first kappa shape index (κ1) is 21.6. The fraction of sp³-hybridized carbons (Fsp3) is 0.500. The Balaban J connectivity index is 0.00000312. The molecule has 25 heavy (non-hydrogen) atoms. The van der Waals surface area contributed by atoms with Gasteiger partial charge in [-0.1, -0.05) is 20.8 Å². The first-order valence-corrected chi connectivity index (χ1v) is 8.47. The number of carbonyl (C=O) groups is 1. The molecular formula is C16H22F3N3OS2. The monoisotopic (exact) mass is 393 g/mol. The maximum atomic E-state index is 13.0. The van der Waals surface area contributed by atoms with Gasteiger partial charge < -0.3 is 5.32 Å². The summed E-state index contributed by atoms with van der Waals surface area (Å²) >= 11 is 1.49. The van der Waals surface area contributed by atoms with Crippen molar-refractivity contribution in [2.45, 2.75) is 39.3 Å². The minimum Gasteiger partial charge on any atom is -0.321 e. The molecule has 2 rings (SSSR count). The fourth-order valence-electron chi connectivity index (χ4n) is 2.67. The zero-order valence-electron chi connectivity index (χ0n) is 14.4. The highest BCUT2D eigenvalue weighted by atomic mass is 32.1. The van der Waals surface area contributed by atoms with E-state index in [0.29, 0.717) is 11.6 Å². The third-order valence-corrected chi connectivity index (χ3v) is 4.71. The van der Waals surface area contributed by atoms with Crippen LogP contribution < -0.4 is 5.32 Å². The summed E-state index contributed by atoms with van der Waals surface area (Å²) < 4.78 is 40.0. The van der Waals surface area contributed by atoms with Crippen molar-refractivity contribution in [2.24, 2.45) is 13.0 Å². The van der Waals surface area contributed by atoms with Crippen molar-refractivity contribution in [1.82, 2.24) is 9.78 Å². The molecule has 0 aliphatic carbocycles. The molecule has 9 heteroatoms. The number of nitrogens with one attached hydrogen (secondary N) is 1. The molecule has 0 fully saturated rings. The first-order chi connectivity index (χ1) is 11.1. The minimum atomic E-state index is -4.67. The van der Waals surface area contributed by atoms with Crippen LogP contribution in [0, 0.1) is 5.92 Å². The molecule has 0 saturated heterocycles. The molecule has 0 aliphatic rings. The number of aromatic nitrogens is 2. The van der Waals surface area contributed by atoms with Gasteiger partial charge in [0.1, 0.15) is 0 Å². The summed E-state index contributed by atoms with van der Waals surface area (Å²) in [6.45, 7) is 6.26. The van der Waals surface area contributed by atoms with E-state index < -0.39 is 23.3 Å². The number of hydrogen-bond donors (Lipinski definition) is 1. The summed E-state index contributed by atoms with van der Waals surface area (Å²) in [5, 5.41) is 7.80. The molecule has 2 aromatic rings. The highest BCUT2D eigenvalue weighted by Gasteiger charge is 2.39. The standard InChI is InChI=1S/C16H20F3N3OS.H2S/c1-9(2)7-10(3)13-12(5-6-24-13)20-15(23)11-8-22(4)21-14(11)16(17,18)19;/h5-6,8-10H,7H2,1-4H3,(H,20,23);1H2/t10-;/m0./s1. The lowest BCUT2D eigenvalue weighted by atomic mass is 9.97. The molecule has 140 valence electrons. The van der Waals surface area contributed by atoms with Gasteiger partial charge in [-0.15, -0.1) is 11.3 Å². The molecule has 0 spiro atoms. The van der Waals surface area contributed by atoms with Crippen LogP contribution in [0.2, 0.25) is 0 Å². The number of rotatable bonds is 5. The number of amides is 1. The van der Waals surface area contributed by atoms with Crippen molar-refractivity contribution in [1.29, 1.82) is 0 Å². The zero-order chi connectivity index (χ0) is 18.1. The second-order valence-corrected chi connectivity index (χ2v) is 7.19. The molecule has 2 heterocycles. The predicted molar refractivity (Wildman–Crippen MR) is 98.7 cm³/mol. The molecule has 1 N–H and O–H groups in total. The van der Waals surface area contributed by atoms with E-state index in [1.165, 1.54) is 18.4 Å². The van der Waals surface area contributed by atoms with Crippen molar-refractivity contribution in [3.63, 3.8) is 0 Å². The zero-order valence-corrected chi connectivity index (χ0v) is 16.3. The summed E-state index contributed by atoms with van der Waals surface area (Å²) in [4.78, 5) is 13.3. The van der Waals surface area contributed by atoms with Gasteiger partial charge in [-0.2, -0.15) is 31.8 Å². The van der Waals surface area contributed by atoms with Gasteiger partial charge in [0.15, 0.2) is 5.69 Å². The van der Waals surface area contributed by atoms with Gasteiger partial charge in [-0.25, -0.2) is 0 Å². The van der Waals surface area contributed by atoms with E-state index in [1.807, 2.05) is 12.3 Å². The van der Waals surface area contributed by atoms with Crippen LogP contribution in [0.5, 0.6) is 0 Å². The number of thiophene rings is 1. The Morgan fingerprint density at radius 3 is 2.56 bits per heavy atom. The Bertz CT molecular complexity index is 723. The van der Waals surface area contributed by atoms with Gasteiger partial charge in [0.2, 0.25) is 0 Å². The number of nitrogens with zero attached hydrogens (tertiary/aromatic N) is 2. The van der Waals surface area contributed by atoms with E-state index in [9.17, 15) is 18.0 Å². The van der Waals surface area contributed by atoms with Crippen LogP contribution in [0.4, 0.5) is 18.9 Å². The van der Waals surface area contributed by atoms with Crippen LogP contribution in [-0.2, 0) is 13.2 Å². The molecule has 1 atom stereocenters. The Kier molecular flexibility index (Phi) is 7.13. The Morgan fingerprint density at radius 2 is 2.00 bits per heavy atom. The summed E-state index contributed by atoms with van der Waals surface area (Å²) in [6, 6.07) is 1.72. The van der Waals surface area contributed by atoms with Gasteiger partial charge in [-0.05, 0) is 29.7 Å². The number of aryl methyl sites for hydroxylation is 1. The molecular weight excluding hydrogens is 371 g/mol. The van der Waals surface area contributed by atoms with E-state index in [1.54, 1.807) is 6.07 Å². The number of hydrogen-bond acceptors (Lipinski definition) is 3. The largest absolute Gasteiger partial charge is 0.435 e. The van der Waals surface area contributed by atoms with Crippen LogP contribution in [0.3, 0.4) is 0 Å². The molecule has 0 radical (unpaired) electrons. The van der Waals surface area contributed by atoms with Crippen LogP contribution >= 0.6 is 24.8 Å². The quantitative estimate of drug-likeness (QED) is 0.776. The minimum absolute atomic E-state index is 0. The topological polar surface area (TPSA) is 46.9 Å². The lowest BCUT2D eigenvalue weighted by Gasteiger charge is -2.15. The van der Waals surface area contributed by atoms with E-state index in [2.05, 4.69) is 24.3 Å². The van der Waals surface area contributed by atoms with Gasteiger partial charge in [-0.3, -0.25) is 9.48 Å². The average Bonchev–Trinajstić information content (AvgIpc) is 3.03. The maximum absolute atomic E-state index is 13.0.